The van der Waals surface area contributed by atoms with Gasteiger partial charge in [0.05, 0.1) is 5.92 Å². The Morgan fingerprint density at radius 2 is 1.96 bits per heavy atom. The van der Waals surface area contributed by atoms with E-state index in [1.54, 1.807) is 19.1 Å². The summed E-state index contributed by atoms with van der Waals surface area (Å²) in [5.74, 6) is -1.15. The molecule has 2 aromatic rings. The summed E-state index contributed by atoms with van der Waals surface area (Å²) in [6, 6.07) is 12.6. The summed E-state index contributed by atoms with van der Waals surface area (Å²) in [6.07, 6.45) is 0. The zero-order valence-electron chi connectivity index (χ0n) is 14.7. The van der Waals surface area contributed by atoms with Gasteiger partial charge in [0.15, 0.2) is 0 Å². The highest BCUT2D eigenvalue weighted by atomic mass is 19.1. The molecule has 128 valence electrons. The average Bonchev–Trinajstić information content (AvgIpc) is 2.53. The van der Waals surface area contributed by atoms with Gasteiger partial charge in [0.1, 0.15) is 12.4 Å². The van der Waals surface area contributed by atoms with E-state index >= 15 is 0 Å². The zero-order chi connectivity index (χ0) is 17.7. The quantitative estimate of drug-likeness (QED) is 0.750. The lowest BCUT2D eigenvalue weighted by molar-refractivity contribution is -0.145. The highest BCUT2D eigenvalue weighted by Gasteiger charge is 2.18. The fraction of sp³-hybridized carbons (Fsp3) is 0.350. The zero-order valence-corrected chi connectivity index (χ0v) is 14.7. The van der Waals surface area contributed by atoms with Crippen molar-refractivity contribution in [1.82, 2.24) is 4.90 Å². The molecule has 4 heteroatoms. The van der Waals surface area contributed by atoms with Crippen LogP contribution in [0.3, 0.4) is 0 Å². The molecule has 0 saturated carbocycles. The first-order valence-corrected chi connectivity index (χ1v) is 8.06. The molecule has 0 fully saturated rings. The molecule has 0 heterocycles. The van der Waals surface area contributed by atoms with E-state index in [-0.39, 0.29) is 11.8 Å². The molecule has 0 unspecified atom stereocenters. The highest BCUT2D eigenvalue weighted by Crippen LogP contribution is 2.27. The molecule has 2 rings (SSSR count). The van der Waals surface area contributed by atoms with Gasteiger partial charge in [-0.25, -0.2) is 4.39 Å². The van der Waals surface area contributed by atoms with Gasteiger partial charge in [-0.2, -0.15) is 0 Å². The van der Waals surface area contributed by atoms with Crippen molar-refractivity contribution in [3.63, 3.8) is 0 Å². The van der Waals surface area contributed by atoms with E-state index in [9.17, 15) is 9.18 Å². The van der Waals surface area contributed by atoms with Crippen LogP contribution in [-0.2, 0) is 9.53 Å². The Bertz CT molecular complexity index is 713. The first-order chi connectivity index (χ1) is 11.4. The lowest BCUT2D eigenvalue weighted by Gasteiger charge is -2.15. The van der Waals surface area contributed by atoms with Crippen molar-refractivity contribution in [1.29, 1.82) is 0 Å². The number of esters is 1. The number of aryl methyl sites for hydroxylation is 1. The number of benzene rings is 2. The van der Waals surface area contributed by atoms with E-state index in [0.29, 0.717) is 24.3 Å². The normalized spacial score (nSPS) is 12.2. The molecule has 0 N–H and O–H groups in total. The van der Waals surface area contributed by atoms with Gasteiger partial charge in [-0.3, -0.25) is 4.79 Å². The maximum Gasteiger partial charge on any atom is 0.313 e. The van der Waals surface area contributed by atoms with Crippen LogP contribution in [0.15, 0.2) is 42.5 Å². The molecule has 0 aliphatic rings. The Balaban J connectivity index is 2.12. The molecule has 0 spiro atoms. The Labute approximate surface area is 143 Å². The smallest absolute Gasteiger partial charge is 0.313 e. The van der Waals surface area contributed by atoms with E-state index in [0.717, 1.165) is 11.1 Å². The van der Waals surface area contributed by atoms with Crippen LogP contribution in [0, 0.1) is 12.7 Å². The van der Waals surface area contributed by atoms with Crippen molar-refractivity contribution in [2.45, 2.75) is 19.8 Å². The molecular formula is C20H24FNO2. The van der Waals surface area contributed by atoms with Crippen LogP contribution in [0.5, 0.6) is 0 Å². The highest BCUT2D eigenvalue weighted by molar-refractivity contribution is 5.78. The summed E-state index contributed by atoms with van der Waals surface area (Å²) in [5, 5.41) is 0. The monoisotopic (exact) mass is 329 g/mol. The number of ether oxygens (including phenoxy) is 1. The summed E-state index contributed by atoms with van der Waals surface area (Å²) in [6.45, 7) is 4.71. The predicted molar refractivity (Wildman–Crippen MR) is 94.5 cm³/mol. The molecule has 2 aromatic carbocycles. The maximum absolute atomic E-state index is 14.5. The van der Waals surface area contributed by atoms with Crippen molar-refractivity contribution in [2.75, 3.05) is 27.2 Å². The van der Waals surface area contributed by atoms with Gasteiger partial charge in [0.2, 0.25) is 0 Å². The van der Waals surface area contributed by atoms with Gasteiger partial charge in [-0.1, -0.05) is 42.0 Å². The molecule has 1 atom stereocenters. The van der Waals surface area contributed by atoms with Crippen LogP contribution >= 0.6 is 0 Å². The summed E-state index contributed by atoms with van der Waals surface area (Å²) in [4.78, 5) is 14.0. The van der Waals surface area contributed by atoms with Crippen LogP contribution in [-0.4, -0.2) is 38.1 Å². The Hall–Kier alpha value is -2.20. The second-order valence-corrected chi connectivity index (χ2v) is 6.30. The number of nitrogens with zero attached hydrogens (tertiary/aromatic N) is 1. The number of likely N-dealkylation sites (N-methyl/N-ethyl adjacent to an activating group) is 1. The third kappa shape index (κ3) is 4.65. The molecule has 0 radical (unpaired) electrons. The van der Waals surface area contributed by atoms with Gasteiger partial charge in [0, 0.05) is 12.1 Å². The molecule has 0 aromatic heterocycles. The first-order valence-electron chi connectivity index (χ1n) is 8.06. The SMILES string of the molecule is Cc1cccc(-c2ccc([C@@H](C)C(=O)OCCN(C)C)cc2F)c1. The van der Waals surface area contributed by atoms with Crippen LogP contribution in [0.25, 0.3) is 11.1 Å². The standard InChI is InChI=1S/C20H24FNO2/c1-14-6-5-7-17(12-14)18-9-8-16(13-19(18)21)15(2)20(23)24-11-10-22(3)4/h5-9,12-13,15H,10-11H2,1-4H3/t15-/m1/s1. The van der Waals surface area contributed by atoms with E-state index in [4.69, 9.17) is 4.74 Å². The molecule has 0 saturated heterocycles. The average molecular weight is 329 g/mol. The summed E-state index contributed by atoms with van der Waals surface area (Å²) in [5.41, 5.74) is 3.07. The summed E-state index contributed by atoms with van der Waals surface area (Å²) in [7, 11) is 3.83. The van der Waals surface area contributed by atoms with E-state index in [2.05, 4.69) is 0 Å². The Morgan fingerprint density at radius 3 is 2.58 bits per heavy atom. The fourth-order valence-corrected chi connectivity index (χ4v) is 2.44. The van der Waals surface area contributed by atoms with Crippen LogP contribution in [0.1, 0.15) is 24.0 Å². The minimum absolute atomic E-state index is 0.328. The molecule has 0 amide bonds. The number of carbonyl (C=O) groups is 1. The predicted octanol–water partition coefficient (Wildman–Crippen LogP) is 4.01. The van der Waals surface area contributed by atoms with Crippen LogP contribution in [0.4, 0.5) is 4.39 Å². The lowest BCUT2D eigenvalue weighted by Crippen LogP contribution is -2.22. The van der Waals surface area contributed by atoms with Crippen molar-refractivity contribution in [2.24, 2.45) is 0 Å². The molecule has 24 heavy (non-hydrogen) atoms. The summed E-state index contributed by atoms with van der Waals surface area (Å²) < 4.78 is 19.7. The minimum atomic E-state index is -0.492. The molecule has 0 aliphatic carbocycles. The molecule has 3 nitrogen and oxygen atoms in total. The van der Waals surface area contributed by atoms with E-state index < -0.39 is 5.92 Å². The Kier molecular flexibility index (Phi) is 6.10. The number of hydrogen-bond donors (Lipinski definition) is 0. The molecule has 0 bridgehead atoms. The number of hydrogen-bond acceptors (Lipinski definition) is 3. The Morgan fingerprint density at radius 1 is 1.21 bits per heavy atom. The van der Waals surface area contributed by atoms with Gasteiger partial charge < -0.3 is 9.64 Å². The minimum Gasteiger partial charge on any atom is -0.464 e. The van der Waals surface area contributed by atoms with Crippen LogP contribution in [0.2, 0.25) is 0 Å². The second-order valence-electron chi connectivity index (χ2n) is 6.30. The number of carbonyl (C=O) groups excluding carboxylic acids is 1. The van der Waals surface area contributed by atoms with Gasteiger partial charge in [0.25, 0.3) is 0 Å². The molecular weight excluding hydrogens is 305 g/mol. The van der Waals surface area contributed by atoms with E-state index in [1.807, 2.05) is 50.2 Å². The topological polar surface area (TPSA) is 29.5 Å². The van der Waals surface area contributed by atoms with Gasteiger partial charge in [-0.05, 0) is 45.1 Å². The first kappa shape index (κ1) is 18.1. The van der Waals surface area contributed by atoms with Crippen molar-refractivity contribution < 1.29 is 13.9 Å². The molecule has 0 aliphatic heterocycles. The van der Waals surface area contributed by atoms with Crippen molar-refractivity contribution in [3.05, 3.63) is 59.4 Å². The van der Waals surface area contributed by atoms with Crippen molar-refractivity contribution >= 4 is 5.97 Å². The number of rotatable bonds is 6. The van der Waals surface area contributed by atoms with Gasteiger partial charge in [-0.15, -0.1) is 0 Å². The van der Waals surface area contributed by atoms with E-state index in [1.165, 1.54) is 6.07 Å². The third-order valence-electron chi connectivity index (χ3n) is 3.96. The third-order valence-corrected chi connectivity index (χ3v) is 3.96. The van der Waals surface area contributed by atoms with Crippen LogP contribution < -0.4 is 0 Å². The van der Waals surface area contributed by atoms with Gasteiger partial charge >= 0.3 is 5.97 Å². The largest absolute Gasteiger partial charge is 0.464 e. The fourth-order valence-electron chi connectivity index (χ4n) is 2.44. The van der Waals surface area contributed by atoms with Crippen molar-refractivity contribution in [3.8, 4) is 11.1 Å². The maximum atomic E-state index is 14.5. The lowest BCUT2D eigenvalue weighted by atomic mass is 9.96. The summed E-state index contributed by atoms with van der Waals surface area (Å²) >= 11 is 0. The number of halogens is 1. The second kappa shape index (κ2) is 8.06.